The second kappa shape index (κ2) is 5.20. The van der Waals surface area contributed by atoms with E-state index in [1.807, 2.05) is 54.8 Å². The number of rotatable bonds is 2. The van der Waals surface area contributed by atoms with Crippen LogP contribution in [0.1, 0.15) is 22.5 Å². The summed E-state index contributed by atoms with van der Waals surface area (Å²) in [6, 6.07) is 8.09. The molecule has 0 aliphatic carbocycles. The highest BCUT2D eigenvalue weighted by Crippen LogP contribution is 2.27. The molecule has 0 radical (unpaired) electrons. The number of hydrogen-bond donors (Lipinski definition) is 0. The zero-order valence-corrected chi connectivity index (χ0v) is 12.6. The van der Waals surface area contributed by atoms with Crippen molar-refractivity contribution in [3.05, 3.63) is 52.9 Å². The second-order valence-corrected chi connectivity index (χ2v) is 5.41. The molecule has 1 aromatic carbocycles. The number of hydrogen-bond acceptors (Lipinski definition) is 2. The monoisotopic (exact) mass is 281 g/mol. The molecule has 0 bridgehead atoms. The molecule has 1 amide bonds. The van der Waals surface area contributed by atoms with Gasteiger partial charge in [-0.3, -0.25) is 9.48 Å². The van der Waals surface area contributed by atoms with Crippen LogP contribution in [0.2, 0.25) is 0 Å². The highest BCUT2D eigenvalue weighted by Gasteiger charge is 2.22. The van der Waals surface area contributed by atoms with E-state index in [-0.39, 0.29) is 5.91 Å². The maximum absolute atomic E-state index is 12.4. The smallest absolute Gasteiger partial charge is 0.251 e. The normalized spacial score (nSPS) is 14.0. The fraction of sp³-hybridized carbons (Fsp3) is 0.294. The van der Waals surface area contributed by atoms with E-state index in [1.54, 1.807) is 6.08 Å². The summed E-state index contributed by atoms with van der Waals surface area (Å²) in [7, 11) is 1.91. The number of carbonyl (C=O) groups is 1. The lowest BCUT2D eigenvalue weighted by atomic mass is 10.1. The maximum atomic E-state index is 12.4. The van der Waals surface area contributed by atoms with Gasteiger partial charge in [-0.05, 0) is 38.0 Å². The van der Waals surface area contributed by atoms with Crippen molar-refractivity contribution in [2.45, 2.75) is 20.3 Å². The van der Waals surface area contributed by atoms with E-state index in [1.165, 1.54) is 5.56 Å². The Morgan fingerprint density at radius 1 is 1.29 bits per heavy atom. The molecule has 0 saturated carbocycles. The van der Waals surface area contributed by atoms with Crippen LogP contribution in [0.3, 0.4) is 0 Å². The second-order valence-electron chi connectivity index (χ2n) is 5.41. The molecule has 0 atom stereocenters. The van der Waals surface area contributed by atoms with Gasteiger partial charge in [-0.2, -0.15) is 5.10 Å². The van der Waals surface area contributed by atoms with Gasteiger partial charge in [-0.25, -0.2) is 0 Å². The SMILES string of the molecule is Cc1nn(C)c(C)c1C=CC(=O)N1CCc2ccccc21. The first kappa shape index (κ1) is 13.6. The summed E-state index contributed by atoms with van der Waals surface area (Å²) in [5.41, 5.74) is 5.32. The molecule has 0 spiro atoms. The van der Waals surface area contributed by atoms with E-state index < -0.39 is 0 Å². The Morgan fingerprint density at radius 3 is 2.76 bits per heavy atom. The van der Waals surface area contributed by atoms with E-state index in [0.717, 1.165) is 35.6 Å². The first-order valence-corrected chi connectivity index (χ1v) is 7.15. The van der Waals surface area contributed by atoms with Crippen molar-refractivity contribution in [3.63, 3.8) is 0 Å². The largest absolute Gasteiger partial charge is 0.308 e. The summed E-state index contributed by atoms with van der Waals surface area (Å²) in [4.78, 5) is 14.3. The first-order valence-electron chi connectivity index (χ1n) is 7.15. The van der Waals surface area contributed by atoms with Gasteiger partial charge in [-0.15, -0.1) is 0 Å². The van der Waals surface area contributed by atoms with Crippen LogP contribution in [0.4, 0.5) is 5.69 Å². The Balaban J connectivity index is 1.83. The number of nitrogens with zero attached hydrogens (tertiary/aromatic N) is 3. The number of aromatic nitrogens is 2. The van der Waals surface area contributed by atoms with Gasteiger partial charge in [0.1, 0.15) is 0 Å². The molecule has 108 valence electrons. The Hall–Kier alpha value is -2.36. The molecule has 0 N–H and O–H groups in total. The average molecular weight is 281 g/mol. The predicted octanol–water partition coefficient (Wildman–Crippen LogP) is 2.64. The van der Waals surface area contributed by atoms with Gasteiger partial charge < -0.3 is 4.90 Å². The summed E-state index contributed by atoms with van der Waals surface area (Å²) in [6.07, 6.45) is 4.46. The van der Waals surface area contributed by atoms with Crippen molar-refractivity contribution >= 4 is 17.7 Å². The quantitative estimate of drug-likeness (QED) is 0.794. The fourth-order valence-corrected chi connectivity index (χ4v) is 2.84. The van der Waals surface area contributed by atoms with Crippen LogP contribution in [0.25, 0.3) is 6.08 Å². The minimum Gasteiger partial charge on any atom is -0.308 e. The molecule has 4 nitrogen and oxygen atoms in total. The molecule has 0 saturated heterocycles. The molecule has 2 heterocycles. The van der Waals surface area contributed by atoms with Crippen molar-refractivity contribution in [1.82, 2.24) is 9.78 Å². The number of benzene rings is 1. The van der Waals surface area contributed by atoms with Crippen molar-refractivity contribution in [2.24, 2.45) is 7.05 Å². The van der Waals surface area contributed by atoms with Gasteiger partial charge in [-0.1, -0.05) is 18.2 Å². The van der Waals surface area contributed by atoms with E-state index in [2.05, 4.69) is 11.2 Å². The fourth-order valence-electron chi connectivity index (χ4n) is 2.84. The molecule has 0 fully saturated rings. The molecule has 21 heavy (non-hydrogen) atoms. The third-order valence-electron chi connectivity index (χ3n) is 4.11. The zero-order chi connectivity index (χ0) is 15.0. The lowest BCUT2D eigenvalue weighted by Gasteiger charge is -2.14. The molecule has 2 aromatic rings. The molecule has 1 aliphatic heterocycles. The molecular weight excluding hydrogens is 262 g/mol. The van der Waals surface area contributed by atoms with Crippen LogP contribution in [-0.4, -0.2) is 22.2 Å². The summed E-state index contributed by atoms with van der Waals surface area (Å²) in [5, 5.41) is 4.36. The summed E-state index contributed by atoms with van der Waals surface area (Å²) in [6.45, 7) is 4.73. The number of para-hydroxylation sites is 1. The van der Waals surface area contributed by atoms with Crippen LogP contribution < -0.4 is 4.90 Å². The number of fused-ring (bicyclic) bond motifs is 1. The molecule has 3 rings (SSSR count). The van der Waals surface area contributed by atoms with Crippen LogP contribution >= 0.6 is 0 Å². The Bertz CT molecular complexity index is 728. The Kier molecular flexibility index (Phi) is 3.37. The lowest BCUT2D eigenvalue weighted by molar-refractivity contribution is -0.114. The molecule has 4 heteroatoms. The molecule has 1 aliphatic rings. The number of anilines is 1. The number of amides is 1. The Morgan fingerprint density at radius 2 is 2.05 bits per heavy atom. The standard InChI is InChI=1S/C17H19N3O/c1-12-15(13(2)19(3)18-12)8-9-17(21)20-11-10-14-6-4-5-7-16(14)20/h4-9H,10-11H2,1-3H3. The maximum Gasteiger partial charge on any atom is 0.251 e. The zero-order valence-electron chi connectivity index (χ0n) is 12.6. The highest BCUT2D eigenvalue weighted by molar-refractivity contribution is 6.05. The van der Waals surface area contributed by atoms with Crippen LogP contribution in [0.15, 0.2) is 30.3 Å². The van der Waals surface area contributed by atoms with Gasteiger partial charge in [0.15, 0.2) is 0 Å². The van der Waals surface area contributed by atoms with Crippen molar-refractivity contribution < 1.29 is 4.79 Å². The van der Waals surface area contributed by atoms with Crippen molar-refractivity contribution in [1.29, 1.82) is 0 Å². The van der Waals surface area contributed by atoms with Gasteiger partial charge in [0.2, 0.25) is 0 Å². The van der Waals surface area contributed by atoms with Crippen LogP contribution in [-0.2, 0) is 18.3 Å². The minimum absolute atomic E-state index is 0.0302. The van der Waals surface area contributed by atoms with E-state index in [0.29, 0.717) is 0 Å². The van der Waals surface area contributed by atoms with Crippen molar-refractivity contribution in [2.75, 3.05) is 11.4 Å². The third kappa shape index (κ3) is 2.37. The summed E-state index contributed by atoms with van der Waals surface area (Å²) in [5.74, 6) is 0.0302. The van der Waals surface area contributed by atoms with E-state index >= 15 is 0 Å². The minimum atomic E-state index is 0.0302. The van der Waals surface area contributed by atoms with Gasteiger partial charge in [0, 0.05) is 36.6 Å². The van der Waals surface area contributed by atoms with Gasteiger partial charge in [0.25, 0.3) is 5.91 Å². The first-order chi connectivity index (χ1) is 10.1. The van der Waals surface area contributed by atoms with Crippen LogP contribution in [0.5, 0.6) is 0 Å². The molecule has 1 aromatic heterocycles. The summed E-state index contributed by atoms with van der Waals surface area (Å²) < 4.78 is 1.84. The number of aryl methyl sites for hydroxylation is 2. The summed E-state index contributed by atoms with van der Waals surface area (Å²) >= 11 is 0. The van der Waals surface area contributed by atoms with E-state index in [4.69, 9.17) is 0 Å². The topological polar surface area (TPSA) is 38.1 Å². The Labute approximate surface area is 124 Å². The van der Waals surface area contributed by atoms with E-state index in [9.17, 15) is 4.79 Å². The third-order valence-corrected chi connectivity index (χ3v) is 4.11. The highest BCUT2D eigenvalue weighted by atomic mass is 16.2. The molecule has 0 unspecified atom stereocenters. The predicted molar refractivity (Wildman–Crippen MR) is 84.2 cm³/mol. The van der Waals surface area contributed by atoms with Gasteiger partial charge in [0.05, 0.1) is 5.69 Å². The average Bonchev–Trinajstić information content (AvgIpc) is 3.00. The molecular formula is C17H19N3O. The van der Waals surface area contributed by atoms with Crippen molar-refractivity contribution in [3.8, 4) is 0 Å². The van der Waals surface area contributed by atoms with Gasteiger partial charge >= 0.3 is 0 Å². The number of carbonyl (C=O) groups excluding carboxylic acids is 1. The van der Waals surface area contributed by atoms with Crippen LogP contribution in [0, 0.1) is 13.8 Å². The lowest BCUT2D eigenvalue weighted by Crippen LogP contribution is -2.26.